The highest BCUT2D eigenvalue weighted by Gasteiger charge is 2.08. The highest BCUT2D eigenvalue weighted by atomic mass is 32.1. The van der Waals surface area contributed by atoms with E-state index in [1.54, 1.807) is 17.5 Å². The molecule has 0 bridgehead atoms. The van der Waals surface area contributed by atoms with Crippen molar-refractivity contribution in [3.8, 4) is 17.6 Å². The number of nitrogens with one attached hydrogen (secondary N) is 1. The van der Waals surface area contributed by atoms with Gasteiger partial charge in [-0.05, 0) is 25.1 Å². The van der Waals surface area contributed by atoms with Crippen molar-refractivity contribution < 1.29 is 9.53 Å². The number of anilines is 1. The van der Waals surface area contributed by atoms with E-state index in [2.05, 4.69) is 17.2 Å². The molecular weight excluding hydrogens is 284 g/mol. The first-order valence-corrected chi connectivity index (χ1v) is 7.42. The van der Waals surface area contributed by atoms with Crippen LogP contribution in [-0.4, -0.2) is 19.1 Å². The predicted molar refractivity (Wildman–Crippen MR) is 85.8 cm³/mol. The van der Waals surface area contributed by atoms with Crippen LogP contribution in [0.2, 0.25) is 0 Å². The van der Waals surface area contributed by atoms with Gasteiger partial charge in [0.2, 0.25) is 0 Å². The molecule has 0 aliphatic carbocycles. The van der Waals surface area contributed by atoms with Crippen LogP contribution in [0.15, 0.2) is 35.7 Å². The lowest BCUT2D eigenvalue weighted by Gasteiger charge is -2.07. The molecule has 1 amide bonds. The van der Waals surface area contributed by atoms with Gasteiger partial charge in [0.1, 0.15) is 5.75 Å². The average Bonchev–Trinajstić information content (AvgIpc) is 2.95. The number of rotatable bonds is 4. The van der Waals surface area contributed by atoms with Crippen LogP contribution < -0.4 is 15.8 Å². The zero-order valence-electron chi connectivity index (χ0n) is 11.7. The van der Waals surface area contributed by atoms with Crippen LogP contribution in [0, 0.1) is 11.8 Å². The number of hydrogen-bond donors (Lipinski definition) is 2. The van der Waals surface area contributed by atoms with Crippen LogP contribution in [0.1, 0.15) is 22.2 Å². The highest BCUT2D eigenvalue weighted by Crippen LogP contribution is 2.19. The maximum atomic E-state index is 12.2. The molecule has 0 saturated carbocycles. The third kappa shape index (κ3) is 4.35. The molecule has 3 N–H and O–H groups in total. The number of hydrogen-bond acceptors (Lipinski definition) is 4. The van der Waals surface area contributed by atoms with Gasteiger partial charge in [0, 0.05) is 17.1 Å². The van der Waals surface area contributed by atoms with Crippen molar-refractivity contribution in [2.75, 3.05) is 18.5 Å². The van der Waals surface area contributed by atoms with Gasteiger partial charge in [0.05, 0.1) is 23.6 Å². The summed E-state index contributed by atoms with van der Waals surface area (Å²) in [7, 11) is 0. The normalized spacial score (nSPS) is 9.62. The lowest BCUT2D eigenvalue weighted by molar-refractivity contribution is 0.102. The number of carbonyl (C=O) groups is 1. The first-order chi connectivity index (χ1) is 10.2. The van der Waals surface area contributed by atoms with Crippen LogP contribution in [0.4, 0.5) is 5.69 Å². The van der Waals surface area contributed by atoms with E-state index in [1.807, 2.05) is 25.1 Å². The summed E-state index contributed by atoms with van der Waals surface area (Å²) in [6.45, 7) is 2.81. The minimum absolute atomic E-state index is 0.166. The molecule has 5 heteroatoms. The Bertz CT molecular complexity index is 683. The summed E-state index contributed by atoms with van der Waals surface area (Å²) in [5.74, 6) is 6.25. The Morgan fingerprint density at radius 2 is 2.29 bits per heavy atom. The molecule has 0 fully saturated rings. The second-order valence-corrected chi connectivity index (χ2v) is 5.03. The Balaban J connectivity index is 2.07. The SMILES string of the molecule is CCOc1cccc(NC(=O)c2csc(C#CCN)c2)c1. The number of carbonyl (C=O) groups excluding carboxylic acids is 1. The fourth-order valence-electron chi connectivity index (χ4n) is 1.69. The van der Waals surface area contributed by atoms with Crippen molar-refractivity contribution in [3.05, 3.63) is 46.2 Å². The van der Waals surface area contributed by atoms with Gasteiger partial charge in [-0.15, -0.1) is 11.3 Å². The number of benzene rings is 1. The molecule has 2 rings (SSSR count). The minimum atomic E-state index is -0.166. The molecule has 0 radical (unpaired) electrons. The lowest BCUT2D eigenvalue weighted by Crippen LogP contribution is -2.10. The average molecular weight is 300 g/mol. The molecule has 4 nitrogen and oxygen atoms in total. The van der Waals surface area contributed by atoms with Crippen molar-refractivity contribution in [2.24, 2.45) is 5.73 Å². The van der Waals surface area contributed by atoms with E-state index in [4.69, 9.17) is 10.5 Å². The molecule has 2 aromatic rings. The summed E-state index contributed by atoms with van der Waals surface area (Å²) in [5.41, 5.74) is 6.61. The van der Waals surface area contributed by atoms with E-state index < -0.39 is 0 Å². The molecule has 0 unspecified atom stereocenters. The second-order valence-electron chi connectivity index (χ2n) is 4.12. The van der Waals surface area contributed by atoms with Gasteiger partial charge >= 0.3 is 0 Å². The van der Waals surface area contributed by atoms with E-state index in [0.717, 1.165) is 10.6 Å². The molecule has 1 aromatic carbocycles. The molecule has 0 saturated heterocycles. The number of nitrogens with two attached hydrogens (primary N) is 1. The van der Waals surface area contributed by atoms with Gasteiger partial charge in [-0.25, -0.2) is 0 Å². The molecule has 0 aliphatic rings. The quantitative estimate of drug-likeness (QED) is 0.853. The summed E-state index contributed by atoms with van der Waals surface area (Å²) < 4.78 is 5.40. The number of amides is 1. The maximum absolute atomic E-state index is 12.2. The molecule has 21 heavy (non-hydrogen) atoms. The fourth-order valence-corrected chi connectivity index (χ4v) is 2.45. The molecule has 1 heterocycles. The second kappa shape index (κ2) is 7.48. The Morgan fingerprint density at radius 3 is 3.05 bits per heavy atom. The van der Waals surface area contributed by atoms with Gasteiger partial charge in [0.25, 0.3) is 5.91 Å². The maximum Gasteiger partial charge on any atom is 0.256 e. The van der Waals surface area contributed by atoms with E-state index in [0.29, 0.717) is 24.4 Å². The predicted octanol–water partition coefficient (Wildman–Crippen LogP) is 2.71. The van der Waals surface area contributed by atoms with Gasteiger partial charge in [-0.1, -0.05) is 17.9 Å². The van der Waals surface area contributed by atoms with Gasteiger partial charge in [-0.3, -0.25) is 4.79 Å². The highest BCUT2D eigenvalue weighted by molar-refractivity contribution is 7.10. The zero-order chi connectivity index (χ0) is 15.1. The first-order valence-electron chi connectivity index (χ1n) is 6.54. The molecule has 108 valence electrons. The third-order valence-electron chi connectivity index (χ3n) is 2.58. The lowest BCUT2D eigenvalue weighted by atomic mass is 10.2. The Morgan fingerprint density at radius 1 is 1.43 bits per heavy atom. The van der Waals surface area contributed by atoms with Gasteiger partial charge < -0.3 is 15.8 Å². The zero-order valence-corrected chi connectivity index (χ0v) is 12.5. The Hall–Kier alpha value is -2.29. The summed E-state index contributed by atoms with van der Waals surface area (Å²) in [5, 5.41) is 4.62. The van der Waals surface area contributed by atoms with Crippen LogP contribution in [0.3, 0.4) is 0 Å². The largest absolute Gasteiger partial charge is 0.494 e. The van der Waals surface area contributed by atoms with Gasteiger partial charge in [0.15, 0.2) is 0 Å². The molecule has 1 aromatic heterocycles. The van der Waals surface area contributed by atoms with Crippen molar-refractivity contribution in [1.82, 2.24) is 0 Å². The van der Waals surface area contributed by atoms with E-state index in [1.165, 1.54) is 11.3 Å². The standard InChI is InChI=1S/C16H16N2O2S/c1-2-20-14-6-3-5-13(10-14)18-16(19)12-9-15(21-11-12)7-4-8-17/h3,5-6,9-11H,2,8,17H2,1H3,(H,18,19). The molecular formula is C16H16N2O2S. The Kier molecular flexibility index (Phi) is 5.38. The molecule has 0 spiro atoms. The summed E-state index contributed by atoms with van der Waals surface area (Å²) in [6, 6.07) is 9.07. The van der Waals surface area contributed by atoms with E-state index in [9.17, 15) is 4.79 Å². The Labute approximate surface area is 127 Å². The van der Waals surface area contributed by atoms with Gasteiger partial charge in [-0.2, -0.15) is 0 Å². The molecule has 0 atom stereocenters. The van der Waals surface area contributed by atoms with Crippen LogP contribution in [0.25, 0.3) is 0 Å². The minimum Gasteiger partial charge on any atom is -0.494 e. The van der Waals surface area contributed by atoms with E-state index in [-0.39, 0.29) is 5.91 Å². The summed E-state index contributed by atoms with van der Waals surface area (Å²) in [4.78, 5) is 13.0. The van der Waals surface area contributed by atoms with Crippen molar-refractivity contribution >= 4 is 22.9 Å². The monoisotopic (exact) mass is 300 g/mol. The van der Waals surface area contributed by atoms with Crippen molar-refractivity contribution in [2.45, 2.75) is 6.92 Å². The first kappa shape index (κ1) is 15.1. The van der Waals surface area contributed by atoms with Crippen LogP contribution in [-0.2, 0) is 0 Å². The topological polar surface area (TPSA) is 64.3 Å². The summed E-state index contributed by atoms with van der Waals surface area (Å²) in [6.07, 6.45) is 0. The smallest absolute Gasteiger partial charge is 0.256 e. The number of ether oxygens (including phenoxy) is 1. The third-order valence-corrected chi connectivity index (χ3v) is 3.42. The van der Waals surface area contributed by atoms with Crippen molar-refractivity contribution in [1.29, 1.82) is 0 Å². The number of thiophene rings is 1. The van der Waals surface area contributed by atoms with E-state index >= 15 is 0 Å². The molecule has 0 aliphatic heterocycles. The van der Waals surface area contributed by atoms with Crippen LogP contribution >= 0.6 is 11.3 Å². The summed E-state index contributed by atoms with van der Waals surface area (Å²) >= 11 is 1.42. The van der Waals surface area contributed by atoms with Crippen LogP contribution in [0.5, 0.6) is 5.75 Å². The van der Waals surface area contributed by atoms with Crippen molar-refractivity contribution in [3.63, 3.8) is 0 Å². The fraction of sp³-hybridized carbons (Fsp3) is 0.188.